The first-order valence-electron chi connectivity index (χ1n) is 4.13. The number of rotatable bonds is 4. The van der Waals surface area contributed by atoms with Crippen molar-refractivity contribution in [3.8, 4) is 0 Å². The van der Waals surface area contributed by atoms with Gasteiger partial charge in [-0.3, -0.25) is 4.79 Å². The number of nitrogens with one attached hydrogen (secondary N) is 1. The molecular weight excluding hydrogens is 158 g/mol. The Hall–Kier alpha value is -0.610. The minimum Gasteiger partial charge on any atom is -0.359 e. The van der Waals surface area contributed by atoms with E-state index < -0.39 is 5.79 Å². The molecule has 0 aromatic carbocycles. The highest BCUT2D eigenvalue weighted by molar-refractivity contribution is 5.45. The molecule has 1 amide bonds. The van der Waals surface area contributed by atoms with Crippen molar-refractivity contribution < 1.29 is 14.3 Å². The minimum atomic E-state index is -0.453. The van der Waals surface area contributed by atoms with Crippen LogP contribution in [0.2, 0.25) is 0 Å². The smallest absolute Gasteiger partial charge is 0.207 e. The molecule has 70 valence electrons. The lowest BCUT2D eigenvalue weighted by atomic mass is 10.3. The Labute approximate surface area is 72.2 Å². The lowest BCUT2D eigenvalue weighted by molar-refractivity contribution is -0.138. The van der Waals surface area contributed by atoms with E-state index in [1.54, 1.807) is 0 Å². The first kappa shape index (κ1) is 9.48. The molecule has 4 heteroatoms. The van der Waals surface area contributed by atoms with Crippen molar-refractivity contribution in [1.82, 2.24) is 5.32 Å². The molecule has 0 saturated carbocycles. The average Bonchev–Trinajstić information content (AvgIpc) is 2.31. The average molecular weight is 173 g/mol. The second kappa shape index (κ2) is 3.87. The number of amides is 1. The Morgan fingerprint density at radius 1 is 1.67 bits per heavy atom. The molecule has 1 atom stereocenters. The van der Waals surface area contributed by atoms with Crippen molar-refractivity contribution in [2.75, 3.05) is 13.2 Å². The van der Waals surface area contributed by atoms with Crippen LogP contribution in [-0.4, -0.2) is 31.5 Å². The Morgan fingerprint density at radius 3 is 2.92 bits per heavy atom. The molecule has 1 unspecified atom stereocenters. The fourth-order valence-corrected chi connectivity index (χ4v) is 1.21. The molecule has 1 aliphatic heterocycles. The van der Waals surface area contributed by atoms with Crippen LogP contribution in [-0.2, 0) is 14.3 Å². The summed E-state index contributed by atoms with van der Waals surface area (Å²) in [6, 6.07) is 0. The number of hydrogen-bond acceptors (Lipinski definition) is 3. The summed E-state index contributed by atoms with van der Waals surface area (Å²) in [7, 11) is 0. The van der Waals surface area contributed by atoms with Gasteiger partial charge in [-0.1, -0.05) is 0 Å². The molecule has 1 heterocycles. The van der Waals surface area contributed by atoms with Crippen molar-refractivity contribution in [1.29, 1.82) is 0 Å². The summed E-state index contributed by atoms with van der Waals surface area (Å²) in [5, 5.41) is 2.59. The molecule has 1 fully saturated rings. The third-order valence-corrected chi connectivity index (χ3v) is 1.76. The van der Waals surface area contributed by atoms with Crippen LogP contribution in [0.15, 0.2) is 0 Å². The van der Waals surface area contributed by atoms with E-state index >= 15 is 0 Å². The fraction of sp³-hybridized carbons (Fsp3) is 0.875. The van der Waals surface area contributed by atoms with Gasteiger partial charge >= 0.3 is 0 Å². The maximum absolute atomic E-state index is 9.92. The number of hydrogen-bond donors (Lipinski definition) is 1. The molecule has 0 bridgehead atoms. The van der Waals surface area contributed by atoms with Gasteiger partial charge in [0.05, 0.1) is 12.7 Å². The van der Waals surface area contributed by atoms with Crippen LogP contribution < -0.4 is 5.32 Å². The van der Waals surface area contributed by atoms with Crippen LogP contribution in [0.3, 0.4) is 0 Å². The highest BCUT2D eigenvalue weighted by Crippen LogP contribution is 2.23. The molecule has 0 aromatic heterocycles. The summed E-state index contributed by atoms with van der Waals surface area (Å²) in [6.07, 6.45) is 1.62. The first-order chi connectivity index (χ1) is 5.64. The van der Waals surface area contributed by atoms with E-state index in [2.05, 4.69) is 5.32 Å². The predicted molar refractivity (Wildman–Crippen MR) is 43.6 cm³/mol. The Kier molecular flexibility index (Phi) is 3.05. The van der Waals surface area contributed by atoms with E-state index in [1.807, 2.05) is 13.8 Å². The van der Waals surface area contributed by atoms with Gasteiger partial charge in [0.1, 0.15) is 0 Å². The van der Waals surface area contributed by atoms with Crippen molar-refractivity contribution in [2.45, 2.75) is 32.2 Å². The third-order valence-electron chi connectivity index (χ3n) is 1.76. The Morgan fingerprint density at radius 2 is 2.42 bits per heavy atom. The summed E-state index contributed by atoms with van der Waals surface area (Å²) < 4.78 is 10.9. The van der Waals surface area contributed by atoms with Crippen molar-refractivity contribution in [3.05, 3.63) is 0 Å². The largest absolute Gasteiger partial charge is 0.359 e. The Balaban J connectivity index is 2.15. The van der Waals surface area contributed by atoms with E-state index in [0.717, 1.165) is 6.42 Å². The molecule has 0 aromatic rings. The zero-order valence-electron chi connectivity index (χ0n) is 7.50. The second-order valence-corrected chi connectivity index (χ2v) is 3.31. The summed E-state index contributed by atoms with van der Waals surface area (Å²) in [5.74, 6) is -0.453. The lowest BCUT2D eigenvalue weighted by Gasteiger charge is -2.16. The molecule has 1 saturated heterocycles. The number of ether oxygens (including phenoxy) is 2. The molecule has 0 aliphatic carbocycles. The monoisotopic (exact) mass is 173 g/mol. The zero-order valence-corrected chi connectivity index (χ0v) is 7.50. The molecule has 0 spiro atoms. The standard InChI is InChI=1S/C8H15NO3/c1-8(2)11-5-7(12-8)3-4-9-6-10/h6-7H,3-5H2,1-2H3,(H,9,10). The maximum Gasteiger partial charge on any atom is 0.207 e. The van der Waals surface area contributed by atoms with Crippen molar-refractivity contribution in [3.63, 3.8) is 0 Å². The van der Waals surface area contributed by atoms with Crippen molar-refractivity contribution >= 4 is 6.41 Å². The van der Waals surface area contributed by atoms with Crippen LogP contribution >= 0.6 is 0 Å². The van der Waals surface area contributed by atoms with Gasteiger partial charge in [-0.15, -0.1) is 0 Å². The third kappa shape index (κ3) is 2.79. The van der Waals surface area contributed by atoms with Gasteiger partial charge in [0, 0.05) is 6.54 Å². The van der Waals surface area contributed by atoms with E-state index in [4.69, 9.17) is 9.47 Å². The highest BCUT2D eigenvalue weighted by Gasteiger charge is 2.31. The lowest BCUT2D eigenvalue weighted by Crippen LogP contribution is -2.24. The summed E-state index contributed by atoms with van der Waals surface area (Å²) in [5.41, 5.74) is 0. The van der Waals surface area contributed by atoms with Gasteiger partial charge in [-0.05, 0) is 20.3 Å². The molecule has 0 radical (unpaired) electrons. The normalized spacial score (nSPS) is 27.0. The van der Waals surface area contributed by atoms with Crippen LogP contribution in [0.25, 0.3) is 0 Å². The zero-order chi connectivity index (χ0) is 9.03. The molecular formula is C8H15NO3. The minimum absolute atomic E-state index is 0.118. The van der Waals surface area contributed by atoms with E-state index in [9.17, 15) is 4.79 Å². The molecule has 4 nitrogen and oxygen atoms in total. The van der Waals surface area contributed by atoms with Gasteiger partial charge in [-0.2, -0.15) is 0 Å². The highest BCUT2D eigenvalue weighted by atomic mass is 16.7. The van der Waals surface area contributed by atoms with E-state index in [1.165, 1.54) is 0 Å². The molecule has 1 N–H and O–H groups in total. The second-order valence-electron chi connectivity index (χ2n) is 3.31. The number of carbonyl (C=O) groups is 1. The quantitative estimate of drug-likeness (QED) is 0.490. The number of carbonyl (C=O) groups excluding carboxylic acids is 1. The van der Waals surface area contributed by atoms with Crippen LogP contribution in [0.1, 0.15) is 20.3 Å². The van der Waals surface area contributed by atoms with Crippen LogP contribution in [0.4, 0.5) is 0 Å². The van der Waals surface area contributed by atoms with E-state index in [-0.39, 0.29) is 6.10 Å². The van der Waals surface area contributed by atoms with Gasteiger partial charge in [0.2, 0.25) is 6.41 Å². The van der Waals surface area contributed by atoms with Crippen molar-refractivity contribution in [2.24, 2.45) is 0 Å². The predicted octanol–water partition coefficient (Wildman–Crippen LogP) is 0.274. The molecule has 1 rings (SSSR count). The summed E-state index contributed by atoms with van der Waals surface area (Å²) >= 11 is 0. The van der Waals surface area contributed by atoms with Gasteiger partial charge in [0.25, 0.3) is 0 Å². The Bertz CT molecular complexity index is 158. The van der Waals surface area contributed by atoms with Gasteiger partial charge in [-0.25, -0.2) is 0 Å². The van der Waals surface area contributed by atoms with Crippen LogP contribution in [0.5, 0.6) is 0 Å². The van der Waals surface area contributed by atoms with E-state index in [0.29, 0.717) is 19.6 Å². The SMILES string of the molecule is CC1(C)OCC(CCNC=O)O1. The molecule has 1 aliphatic rings. The van der Waals surface area contributed by atoms with Crippen LogP contribution in [0, 0.1) is 0 Å². The van der Waals surface area contributed by atoms with Gasteiger partial charge < -0.3 is 14.8 Å². The van der Waals surface area contributed by atoms with Gasteiger partial charge in [0.15, 0.2) is 5.79 Å². The molecule has 12 heavy (non-hydrogen) atoms. The maximum atomic E-state index is 9.92. The topological polar surface area (TPSA) is 47.6 Å². The fourth-order valence-electron chi connectivity index (χ4n) is 1.21. The first-order valence-corrected chi connectivity index (χ1v) is 4.13. The summed E-state index contributed by atoms with van der Waals surface area (Å²) in [6.45, 7) is 5.04. The summed E-state index contributed by atoms with van der Waals surface area (Å²) in [4.78, 5) is 9.92.